The minimum absolute atomic E-state index is 0.0337. The highest BCUT2D eigenvalue weighted by atomic mass is 16.6. The number of nitrogens with zero attached hydrogens (tertiary/aromatic N) is 2. The summed E-state index contributed by atoms with van der Waals surface area (Å²) >= 11 is 0. The highest BCUT2D eigenvalue weighted by Gasteiger charge is 2.37. The second-order valence-corrected chi connectivity index (χ2v) is 8.13. The second kappa shape index (κ2) is 10.1. The molecule has 1 aromatic rings. The Labute approximate surface area is 185 Å². The molecule has 174 valence electrons. The van der Waals surface area contributed by atoms with Gasteiger partial charge in [0.1, 0.15) is 12.1 Å². The van der Waals surface area contributed by atoms with Crippen LogP contribution in [0.5, 0.6) is 0 Å². The summed E-state index contributed by atoms with van der Waals surface area (Å²) in [5, 5.41) is 14.8. The van der Waals surface area contributed by atoms with Crippen LogP contribution in [-0.4, -0.2) is 76.5 Å². The Hall–Kier alpha value is -3.63. The smallest absolute Gasteiger partial charge is 0.330 e. The quantitative estimate of drug-likeness (QED) is 0.413. The summed E-state index contributed by atoms with van der Waals surface area (Å²) in [5.41, 5.74) is 0.0171. The zero-order valence-corrected chi connectivity index (χ0v) is 18.5. The molecule has 1 fully saturated rings. The van der Waals surface area contributed by atoms with Gasteiger partial charge >= 0.3 is 29.8 Å². The average molecular weight is 448 g/mol. The number of urea groups is 1. The molecule has 1 aromatic carbocycles. The zero-order valence-electron chi connectivity index (χ0n) is 18.5. The Morgan fingerprint density at radius 1 is 1.16 bits per heavy atom. The number of rotatable bonds is 7. The fourth-order valence-electron chi connectivity index (χ4n) is 3.04. The summed E-state index contributed by atoms with van der Waals surface area (Å²) in [6, 6.07) is 3.69. The maximum atomic E-state index is 12.6. The molecule has 0 saturated carbocycles. The molecule has 1 saturated heterocycles. The van der Waals surface area contributed by atoms with Gasteiger partial charge in [0, 0.05) is 25.3 Å². The first kappa shape index (κ1) is 24.6. The number of carbonyl (C=O) groups is 5. The Morgan fingerprint density at radius 3 is 2.44 bits per heavy atom. The number of anilines is 1. The molecule has 1 heterocycles. The molecule has 1 aliphatic heterocycles. The van der Waals surface area contributed by atoms with Crippen molar-refractivity contribution in [2.24, 2.45) is 0 Å². The van der Waals surface area contributed by atoms with E-state index in [1.54, 1.807) is 39.8 Å². The number of carbonyl (C=O) groups excluding carboxylic acids is 4. The SMILES string of the molecule is CCN1CCN(C(=O)NC(C(=O)O)c2cccc(NCC(=O)OC(C)(C)C)c2)C(=O)C1=O. The van der Waals surface area contributed by atoms with Crippen LogP contribution in [0.15, 0.2) is 24.3 Å². The lowest BCUT2D eigenvalue weighted by Crippen LogP contribution is -2.58. The van der Waals surface area contributed by atoms with Crippen molar-refractivity contribution < 1.29 is 33.8 Å². The van der Waals surface area contributed by atoms with Crippen LogP contribution in [0, 0.1) is 0 Å². The molecule has 32 heavy (non-hydrogen) atoms. The van der Waals surface area contributed by atoms with Gasteiger partial charge in [-0.05, 0) is 45.4 Å². The molecule has 11 heteroatoms. The summed E-state index contributed by atoms with van der Waals surface area (Å²) in [4.78, 5) is 62.5. The number of carboxylic acid groups (broad SMARTS) is 1. The summed E-state index contributed by atoms with van der Waals surface area (Å²) in [7, 11) is 0. The fraction of sp³-hybridized carbons (Fsp3) is 0.476. The number of ether oxygens (including phenoxy) is 1. The number of likely N-dealkylation sites (N-methyl/N-ethyl adjacent to an activating group) is 1. The van der Waals surface area contributed by atoms with Gasteiger partial charge in [0.2, 0.25) is 0 Å². The average Bonchev–Trinajstić information content (AvgIpc) is 2.71. The van der Waals surface area contributed by atoms with Gasteiger partial charge < -0.3 is 25.4 Å². The van der Waals surface area contributed by atoms with Crippen molar-refractivity contribution in [2.75, 3.05) is 31.5 Å². The largest absolute Gasteiger partial charge is 0.479 e. The zero-order chi connectivity index (χ0) is 24.1. The van der Waals surface area contributed by atoms with E-state index in [2.05, 4.69) is 10.6 Å². The van der Waals surface area contributed by atoms with Crippen molar-refractivity contribution in [1.29, 1.82) is 0 Å². The molecular weight excluding hydrogens is 420 g/mol. The van der Waals surface area contributed by atoms with E-state index in [1.807, 2.05) is 0 Å². The van der Waals surface area contributed by atoms with Gasteiger partial charge in [-0.1, -0.05) is 12.1 Å². The number of piperazine rings is 1. The first-order chi connectivity index (χ1) is 14.9. The highest BCUT2D eigenvalue weighted by molar-refractivity contribution is 6.38. The molecular formula is C21H28N4O7. The predicted molar refractivity (Wildman–Crippen MR) is 114 cm³/mol. The number of hydrogen-bond donors (Lipinski definition) is 3. The first-order valence-corrected chi connectivity index (χ1v) is 10.1. The van der Waals surface area contributed by atoms with E-state index in [0.29, 0.717) is 17.1 Å². The standard InChI is InChI=1S/C21H28N4O7/c1-5-24-9-10-25(18(28)17(24)27)20(31)23-16(19(29)30)13-7-6-8-14(11-13)22-12-15(26)32-21(2,3)4/h6-8,11,16,22H,5,9-10,12H2,1-4H3,(H,23,31)(H,29,30). The van der Waals surface area contributed by atoms with Crippen molar-refractivity contribution in [1.82, 2.24) is 15.1 Å². The molecule has 0 aliphatic carbocycles. The predicted octanol–water partition coefficient (Wildman–Crippen LogP) is 0.966. The maximum Gasteiger partial charge on any atom is 0.330 e. The van der Waals surface area contributed by atoms with E-state index in [4.69, 9.17) is 4.74 Å². The molecule has 1 atom stereocenters. The topological polar surface area (TPSA) is 145 Å². The van der Waals surface area contributed by atoms with Gasteiger partial charge in [-0.2, -0.15) is 0 Å². The highest BCUT2D eigenvalue weighted by Crippen LogP contribution is 2.19. The summed E-state index contributed by atoms with van der Waals surface area (Å²) < 4.78 is 5.21. The minimum Gasteiger partial charge on any atom is -0.479 e. The monoisotopic (exact) mass is 448 g/mol. The molecule has 0 bridgehead atoms. The molecule has 1 aliphatic rings. The molecule has 4 amide bonds. The number of imide groups is 1. The summed E-state index contributed by atoms with van der Waals surface area (Å²) in [6.07, 6.45) is 0. The number of carboxylic acids is 1. The molecule has 3 N–H and O–H groups in total. The van der Waals surface area contributed by atoms with E-state index < -0.39 is 41.4 Å². The Balaban J connectivity index is 2.09. The Morgan fingerprint density at radius 2 is 1.84 bits per heavy atom. The lowest BCUT2D eigenvalue weighted by atomic mass is 10.1. The van der Waals surface area contributed by atoms with Gasteiger partial charge in [0.05, 0.1) is 0 Å². The number of nitrogens with one attached hydrogen (secondary N) is 2. The van der Waals surface area contributed by atoms with Gasteiger partial charge in [0.25, 0.3) is 0 Å². The third-order valence-electron chi connectivity index (χ3n) is 4.53. The minimum atomic E-state index is -1.47. The normalized spacial score (nSPS) is 15.2. The number of amides is 4. The lowest BCUT2D eigenvalue weighted by Gasteiger charge is -2.32. The first-order valence-electron chi connectivity index (χ1n) is 10.1. The van der Waals surface area contributed by atoms with Crippen molar-refractivity contribution in [3.63, 3.8) is 0 Å². The Kier molecular flexibility index (Phi) is 7.79. The third kappa shape index (κ3) is 6.43. The number of esters is 1. The van der Waals surface area contributed by atoms with Crippen LogP contribution >= 0.6 is 0 Å². The maximum absolute atomic E-state index is 12.6. The molecule has 0 spiro atoms. The molecule has 2 rings (SSSR count). The molecule has 11 nitrogen and oxygen atoms in total. The van der Waals surface area contributed by atoms with Crippen LogP contribution in [0.25, 0.3) is 0 Å². The van der Waals surface area contributed by atoms with E-state index in [-0.39, 0.29) is 25.2 Å². The van der Waals surface area contributed by atoms with Crippen molar-refractivity contribution in [3.05, 3.63) is 29.8 Å². The second-order valence-electron chi connectivity index (χ2n) is 8.13. The number of benzene rings is 1. The van der Waals surface area contributed by atoms with E-state index >= 15 is 0 Å². The summed E-state index contributed by atoms with van der Waals surface area (Å²) in [5.74, 6) is -3.66. The van der Waals surface area contributed by atoms with Gasteiger partial charge in [0.15, 0.2) is 6.04 Å². The fourth-order valence-corrected chi connectivity index (χ4v) is 3.04. The lowest BCUT2D eigenvalue weighted by molar-refractivity contribution is -0.153. The van der Waals surface area contributed by atoms with Crippen LogP contribution in [0.2, 0.25) is 0 Å². The van der Waals surface area contributed by atoms with Crippen molar-refractivity contribution in [2.45, 2.75) is 39.3 Å². The molecule has 0 aromatic heterocycles. The van der Waals surface area contributed by atoms with Crippen molar-refractivity contribution in [3.8, 4) is 0 Å². The van der Waals surface area contributed by atoms with Crippen LogP contribution in [0.1, 0.15) is 39.3 Å². The van der Waals surface area contributed by atoms with E-state index in [0.717, 1.165) is 0 Å². The molecule has 0 radical (unpaired) electrons. The number of hydrogen-bond acceptors (Lipinski definition) is 7. The van der Waals surface area contributed by atoms with E-state index in [9.17, 15) is 29.1 Å². The third-order valence-corrected chi connectivity index (χ3v) is 4.53. The van der Waals surface area contributed by atoms with Crippen LogP contribution in [0.4, 0.5) is 10.5 Å². The Bertz CT molecular complexity index is 910. The van der Waals surface area contributed by atoms with Crippen molar-refractivity contribution >= 4 is 35.5 Å². The van der Waals surface area contributed by atoms with Gasteiger partial charge in [-0.3, -0.25) is 19.3 Å². The van der Waals surface area contributed by atoms with Gasteiger partial charge in [-0.15, -0.1) is 0 Å². The summed E-state index contributed by atoms with van der Waals surface area (Å²) in [6.45, 7) is 7.28. The van der Waals surface area contributed by atoms with Crippen LogP contribution < -0.4 is 10.6 Å². The number of aliphatic carboxylic acids is 1. The molecule has 1 unspecified atom stereocenters. The van der Waals surface area contributed by atoms with Gasteiger partial charge in [-0.25, -0.2) is 9.59 Å². The van der Waals surface area contributed by atoms with E-state index in [1.165, 1.54) is 17.0 Å². The van der Waals surface area contributed by atoms with Crippen LogP contribution in [0.3, 0.4) is 0 Å². The van der Waals surface area contributed by atoms with Crippen LogP contribution in [-0.2, 0) is 23.9 Å².